The summed E-state index contributed by atoms with van der Waals surface area (Å²) in [7, 11) is 1.66. The van der Waals surface area contributed by atoms with Crippen LogP contribution in [0, 0.1) is 0 Å². The molecule has 8 heteroatoms. The second-order valence-electron chi connectivity index (χ2n) is 5.78. The number of methoxy groups -OCH3 is 1. The van der Waals surface area contributed by atoms with Crippen molar-refractivity contribution in [3.63, 3.8) is 0 Å². The second kappa shape index (κ2) is 9.40. The van der Waals surface area contributed by atoms with Gasteiger partial charge in [0.15, 0.2) is 5.13 Å². The highest BCUT2D eigenvalue weighted by atomic mass is 32.1. The Balaban J connectivity index is 1.47. The zero-order valence-corrected chi connectivity index (χ0v) is 16.4. The first-order valence-electron chi connectivity index (χ1n) is 8.27. The molecule has 2 amide bonds. The van der Waals surface area contributed by atoms with Crippen LogP contribution in [0.3, 0.4) is 0 Å². The third-order valence-electron chi connectivity index (χ3n) is 3.68. The number of benzene rings is 1. The van der Waals surface area contributed by atoms with Crippen LogP contribution in [0.1, 0.15) is 26.5 Å². The first-order valence-corrected chi connectivity index (χ1v) is 10.0. The molecule has 0 aliphatic carbocycles. The van der Waals surface area contributed by atoms with Gasteiger partial charge in [0.25, 0.3) is 5.91 Å². The van der Waals surface area contributed by atoms with Crippen molar-refractivity contribution in [3.05, 3.63) is 68.9 Å². The van der Waals surface area contributed by atoms with E-state index in [1.807, 2.05) is 35.7 Å². The molecule has 0 aliphatic rings. The third-order valence-corrected chi connectivity index (χ3v) is 5.36. The Morgan fingerprint density at radius 3 is 2.59 bits per heavy atom. The van der Waals surface area contributed by atoms with Crippen molar-refractivity contribution in [2.24, 2.45) is 0 Å². The molecule has 0 saturated heterocycles. The predicted molar refractivity (Wildman–Crippen MR) is 107 cm³/mol. The number of thiazole rings is 1. The number of ether oxygens (including phenoxy) is 1. The summed E-state index contributed by atoms with van der Waals surface area (Å²) in [6.07, 6.45) is 0.174. The van der Waals surface area contributed by atoms with Gasteiger partial charge in [-0.2, -0.15) is 0 Å². The molecule has 3 rings (SSSR count). The van der Waals surface area contributed by atoms with Crippen molar-refractivity contribution in [2.45, 2.75) is 19.6 Å². The van der Waals surface area contributed by atoms with Crippen LogP contribution in [0.25, 0.3) is 0 Å². The Morgan fingerprint density at radius 1 is 1.11 bits per heavy atom. The van der Waals surface area contributed by atoms with Crippen LogP contribution >= 0.6 is 22.7 Å². The Morgan fingerprint density at radius 2 is 1.89 bits per heavy atom. The normalized spacial score (nSPS) is 10.6. The third kappa shape index (κ3) is 5.72. The second-order valence-corrected chi connectivity index (χ2v) is 7.58. The molecule has 0 aliphatic heterocycles. The minimum atomic E-state index is -0.188. The fourth-order valence-corrected chi connectivity index (χ4v) is 3.68. The van der Waals surface area contributed by atoms with E-state index in [-0.39, 0.29) is 18.2 Å². The molecule has 0 fully saturated rings. The van der Waals surface area contributed by atoms with Crippen LogP contribution in [0.4, 0.5) is 5.13 Å². The predicted octanol–water partition coefficient (Wildman–Crippen LogP) is 3.46. The van der Waals surface area contributed by atoms with Crippen molar-refractivity contribution in [1.29, 1.82) is 0 Å². The molecule has 2 heterocycles. The largest absolute Gasteiger partial charge is 0.380 e. The average Bonchev–Trinajstić information content (AvgIpc) is 3.34. The van der Waals surface area contributed by atoms with E-state index in [9.17, 15) is 9.59 Å². The number of aromatic nitrogens is 1. The lowest BCUT2D eigenvalue weighted by Gasteiger charge is -2.06. The van der Waals surface area contributed by atoms with Gasteiger partial charge in [-0.3, -0.25) is 14.9 Å². The molecule has 0 spiro atoms. The molecule has 6 nitrogen and oxygen atoms in total. The van der Waals surface area contributed by atoms with Crippen LogP contribution < -0.4 is 10.6 Å². The zero-order chi connectivity index (χ0) is 19.1. The molecule has 3 aromatic rings. The Hall–Kier alpha value is -2.55. The Bertz CT molecular complexity index is 889. The molecule has 0 atom stereocenters. The number of carbonyl (C=O) groups is 2. The highest BCUT2D eigenvalue weighted by molar-refractivity contribution is 7.14. The number of amides is 2. The number of hydrogen-bond donors (Lipinski definition) is 2. The minimum Gasteiger partial charge on any atom is -0.380 e. The highest BCUT2D eigenvalue weighted by Gasteiger charge is 2.11. The van der Waals surface area contributed by atoms with E-state index in [1.165, 1.54) is 22.7 Å². The van der Waals surface area contributed by atoms with Gasteiger partial charge in [0.2, 0.25) is 5.91 Å². The van der Waals surface area contributed by atoms with Crippen LogP contribution in [-0.2, 0) is 29.1 Å². The van der Waals surface area contributed by atoms with Crippen LogP contribution in [-0.4, -0.2) is 23.9 Å². The monoisotopic (exact) mass is 401 g/mol. The van der Waals surface area contributed by atoms with Crippen molar-refractivity contribution in [3.8, 4) is 0 Å². The summed E-state index contributed by atoms with van der Waals surface area (Å²) < 4.78 is 5.08. The Kier molecular flexibility index (Phi) is 6.69. The van der Waals surface area contributed by atoms with Gasteiger partial charge in [-0.15, -0.1) is 22.7 Å². The van der Waals surface area contributed by atoms with Crippen molar-refractivity contribution in [1.82, 2.24) is 10.3 Å². The highest BCUT2D eigenvalue weighted by Crippen LogP contribution is 2.18. The van der Waals surface area contributed by atoms with Crippen molar-refractivity contribution >= 4 is 39.6 Å². The van der Waals surface area contributed by atoms with Gasteiger partial charge >= 0.3 is 0 Å². The number of rotatable bonds is 8. The van der Waals surface area contributed by atoms with Crippen molar-refractivity contribution in [2.75, 3.05) is 12.4 Å². The van der Waals surface area contributed by atoms with E-state index in [1.54, 1.807) is 18.6 Å². The summed E-state index contributed by atoms with van der Waals surface area (Å²) in [6, 6.07) is 11.5. The van der Waals surface area contributed by atoms with E-state index in [0.717, 1.165) is 11.1 Å². The summed E-state index contributed by atoms with van der Waals surface area (Å²) in [4.78, 5) is 29.1. The van der Waals surface area contributed by atoms with E-state index in [0.29, 0.717) is 28.9 Å². The number of thiophene rings is 1. The molecule has 27 heavy (non-hydrogen) atoms. The topological polar surface area (TPSA) is 80.3 Å². The summed E-state index contributed by atoms with van der Waals surface area (Å²) >= 11 is 2.68. The molecule has 140 valence electrons. The summed E-state index contributed by atoms with van der Waals surface area (Å²) in [5, 5.41) is 9.74. The van der Waals surface area contributed by atoms with Gasteiger partial charge < -0.3 is 10.1 Å². The maximum absolute atomic E-state index is 12.1. The maximum atomic E-state index is 12.1. The van der Waals surface area contributed by atoms with Gasteiger partial charge in [0, 0.05) is 19.0 Å². The molecular formula is C19H19N3O3S2. The van der Waals surface area contributed by atoms with Gasteiger partial charge in [0.05, 0.1) is 23.6 Å². The molecule has 0 unspecified atom stereocenters. The SMILES string of the molecule is COCc1ccc(CNC(=O)Cc2csc(NC(=O)c3cccs3)n2)cc1. The fraction of sp³-hybridized carbons (Fsp3) is 0.211. The van der Waals surface area contributed by atoms with Crippen LogP contribution in [0.15, 0.2) is 47.2 Å². The maximum Gasteiger partial charge on any atom is 0.267 e. The standard InChI is InChI=1S/C19H19N3O3S2/c1-25-11-14-6-4-13(5-7-14)10-20-17(23)9-15-12-27-19(21-15)22-18(24)16-3-2-8-26-16/h2-8,12H,9-11H2,1H3,(H,20,23)(H,21,22,24). The number of hydrogen-bond acceptors (Lipinski definition) is 6. The van der Waals surface area contributed by atoms with Gasteiger partial charge in [-0.05, 0) is 22.6 Å². The summed E-state index contributed by atoms with van der Waals surface area (Å²) in [6.45, 7) is 1.03. The molecule has 2 aromatic heterocycles. The van der Waals surface area contributed by atoms with Gasteiger partial charge in [0.1, 0.15) is 0 Å². The summed E-state index contributed by atoms with van der Waals surface area (Å²) in [5.74, 6) is -0.301. The van der Waals surface area contributed by atoms with Crippen LogP contribution in [0.5, 0.6) is 0 Å². The van der Waals surface area contributed by atoms with Crippen LogP contribution in [0.2, 0.25) is 0 Å². The lowest BCUT2D eigenvalue weighted by Crippen LogP contribution is -2.24. The molecule has 0 radical (unpaired) electrons. The van der Waals surface area contributed by atoms with E-state index < -0.39 is 0 Å². The number of nitrogens with zero attached hydrogens (tertiary/aromatic N) is 1. The van der Waals surface area contributed by atoms with E-state index >= 15 is 0 Å². The van der Waals surface area contributed by atoms with E-state index in [2.05, 4.69) is 15.6 Å². The quantitative estimate of drug-likeness (QED) is 0.606. The first kappa shape index (κ1) is 19.2. The lowest BCUT2D eigenvalue weighted by atomic mass is 10.1. The minimum absolute atomic E-state index is 0.114. The molecule has 2 N–H and O–H groups in total. The van der Waals surface area contributed by atoms with E-state index in [4.69, 9.17) is 4.74 Å². The van der Waals surface area contributed by atoms with Gasteiger partial charge in [-0.25, -0.2) is 4.98 Å². The molecular weight excluding hydrogens is 382 g/mol. The number of carbonyl (C=O) groups excluding carboxylic acids is 2. The van der Waals surface area contributed by atoms with Gasteiger partial charge in [-0.1, -0.05) is 30.3 Å². The zero-order valence-electron chi connectivity index (χ0n) is 14.7. The smallest absolute Gasteiger partial charge is 0.267 e. The Labute approximate surface area is 165 Å². The van der Waals surface area contributed by atoms with Crippen molar-refractivity contribution < 1.29 is 14.3 Å². The average molecular weight is 402 g/mol. The lowest BCUT2D eigenvalue weighted by molar-refractivity contribution is -0.120. The molecule has 0 bridgehead atoms. The first-order chi connectivity index (χ1) is 13.1. The number of anilines is 1. The fourth-order valence-electron chi connectivity index (χ4n) is 2.36. The summed E-state index contributed by atoms with van der Waals surface area (Å²) in [5.41, 5.74) is 2.74. The molecule has 0 saturated carbocycles. The molecule has 1 aromatic carbocycles. The number of nitrogens with one attached hydrogen (secondary N) is 2.